The minimum atomic E-state index is -1.35. The fraction of sp³-hybridized carbons (Fsp3) is 0.400. The molecule has 210 valence electrons. The van der Waals surface area contributed by atoms with Crippen LogP contribution in [0.2, 0.25) is 0 Å². The Balaban J connectivity index is 1.32. The van der Waals surface area contributed by atoms with Gasteiger partial charge in [-0.2, -0.15) is 5.26 Å². The van der Waals surface area contributed by atoms with Crippen molar-refractivity contribution in [2.45, 2.75) is 24.4 Å². The number of nitriles is 1. The van der Waals surface area contributed by atoms with E-state index in [9.17, 15) is 25.4 Å². The molecule has 1 amide bonds. The van der Waals surface area contributed by atoms with Crippen molar-refractivity contribution in [2.24, 2.45) is 7.05 Å². The van der Waals surface area contributed by atoms with Crippen LogP contribution >= 0.6 is 0 Å². The smallest absolute Gasteiger partial charge is 0.262 e. The predicted octanol–water partition coefficient (Wildman–Crippen LogP) is 1.10. The maximum atomic E-state index is 12.8. The van der Waals surface area contributed by atoms with E-state index in [-0.39, 0.29) is 12.2 Å². The van der Waals surface area contributed by atoms with Crippen LogP contribution in [0.3, 0.4) is 0 Å². The summed E-state index contributed by atoms with van der Waals surface area (Å²) < 4.78 is 7.23. The maximum absolute atomic E-state index is 12.8. The third-order valence-corrected chi connectivity index (χ3v) is 7.94. The first-order chi connectivity index (χ1) is 19.3. The highest BCUT2D eigenvalue weighted by atomic mass is 16.5. The average molecular weight is 546 g/mol. The zero-order valence-corrected chi connectivity index (χ0v) is 22.7. The van der Waals surface area contributed by atoms with Crippen LogP contribution in [0.25, 0.3) is 28.1 Å². The number of ether oxygens (including phenoxy) is 1. The van der Waals surface area contributed by atoms with Crippen molar-refractivity contribution in [1.29, 1.82) is 5.26 Å². The van der Waals surface area contributed by atoms with Crippen LogP contribution in [-0.2, 0) is 16.6 Å². The summed E-state index contributed by atoms with van der Waals surface area (Å²) in [4.78, 5) is 17.6. The molecule has 2 aliphatic heterocycles. The quantitative estimate of drug-likeness (QED) is 0.267. The number of aliphatic hydroxyl groups excluding tert-OH is 3. The number of carbonyl (C=O) groups is 1. The summed E-state index contributed by atoms with van der Waals surface area (Å²) in [7, 11) is 4.03. The van der Waals surface area contributed by atoms with Crippen molar-refractivity contribution in [2.75, 3.05) is 51.3 Å². The number of fused-ring (bicyclic) bond motifs is 1. The van der Waals surface area contributed by atoms with Crippen molar-refractivity contribution in [3.8, 4) is 17.3 Å². The first-order valence-corrected chi connectivity index (χ1v) is 13.4. The van der Waals surface area contributed by atoms with Gasteiger partial charge in [-0.05, 0) is 59.8 Å². The van der Waals surface area contributed by atoms with Gasteiger partial charge < -0.3 is 39.7 Å². The molecule has 0 spiro atoms. The molecule has 10 nitrogen and oxygen atoms in total. The summed E-state index contributed by atoms with van der Waals surface area (Å²) in [5, 5.41) is 44.1. The highest BCUT2D eigenvalue weighted by molar-refractivity contribution is 6.02. The van der Waals surface area contributed by atoms with Gasteiger partial charge in [-0.1, -0.05) is 18.2 Å². The Morgan fingerprint density at radius 3 is 2.50 bits per heavy atom. The number of anilines is 1. The number of nitrogens with one attached hydrogen (secondary N) is 1. The molecule has 0 aliphatic carbocycles. The zero-order valence-electron chi connectivity index (χ0n) is 22.7. The summed E-state index contributed by atoms with van der Waals surface area (Å²) in [5.74, 6) is -0.686. The lowest BCUT2D eigenvalue weighted by Gasteiger charge is -2.37. The number of nitrogens with zero attached hydrogens (tertiary/aromatic N) is 4. The van der Waals surface area contributed by atoms with E-state index in [0.29, 0.717) is 5.69 Å². The van der Waals surface area contributed by atoms with E-state index >= 15 is 0 Å². The summed E-state index contributed by atoms with van der Waals surface area (Å²) in [5.41, 5.74) is 3.70. The molecule has 2 aliphatic rings. The summed E-state index contributed by atoms with van der Waals surface area (Å²) in [6.07, 6.45) is -2.12. The maximum Gasteiger partial charge on any atom is 0.262 e. The molecule has 0 saturated carbocycles. The molecule has 5 rings (SSSR count). The van der Waals surface area contributed by atoms with Crippen molar-refractivity contribution in [3.63, 3.8) is 0 Å². The largest absolute Gasteiger partial charge is 0.394 e. The molecule has 40 heavy (non-hydrogen) atoms. The van der Waals surface area contributed by atoms with Gasteiger partial charge in [-0.15, -0.1) is 0 Å². The second-order valence-corrected chi connectivity index (χ2v) is 10.5. The van der Waals surface area contributed by atoms with E-state index in [2.05, 4.69) is 58.6 Å². The third-order valence-electron chi connectivity index (χ3n) is 7.94. The van der Waals surface area contributed by atoms with Crippen LogP contribution in [0, 0.1) is 11.3 Å². The van der Waals surface area contributed by atoms with E-state index in [4.69, 9.17) is 4.74 Å². The molecule has 0 bridgehead atoms. The monoisotopic (exact) mass is 545 g/mol. The van der Waals surface area contributed by atoms with Gasteiger partial charge >= 0.3 is 0 Å². The molecule has 3 heterocycles. The first kappa shape index (κ1) is 27.8. The molecule has 4 atom stereocenters. The van der Waals surface area contributed by atoms with E-state index < -0.39 is 36.9 Å². The normalized spacial score (nSPS) is 24.2. The zero-order chi connectivity index (χ0) is 28.4. The fourth-order valence-electron chi connectivity index (χ4n) is 5.33. The molecule has 2 saturated heterocycles. The standard InChI is InChI=1S/C30H35N5O5/c1-33-9-11-35(12-10-33)24-6-5-19-13-21(4-3-20(19)14-24)26-8-7-23(34(26)2)15-22(16-31)30(39)32-25-18-40-27(17-36)29(38)28(25)37/h3-8,13-15,25,27-29,36-38H,9-12,17-18H2,1-2H3,(H,32,39)/b22-15+/t25-,27+,28+,29+/m0/s1. The topological polar surface area (TPSA) is 134 Å². The van der Waals surface area contributed by atoms with Gasteiger partial charge in [0.05, 0.1) is 19.3 Å². The first-order valence-electron chi connectivity index (χ1n) is 13.4. The molecule has 0 radical (unpaired) electrons. The number of likely N-dealkylation sites (N-methyl/N-ethyl adjacent to an activating group) is 1. The number of amides is 1. The lowest BCUT2D eigenvalue weighted by Crippen LogP contribution is -2.60. The van der Waals surface area contributed by atoms with Crippen LogP contribution in [0.5, 0.6) is 0 Å². The Labute approximate surface area is 233 Å². The molecular weight excluding hydrogens is 510 g/mol. The molecule has 0 unspecified atom stereocenters. The van der Waals surface area contributed by atoms with E-state index in [1.807, 2.05) is 29.8 Å². The summed E-state index contributed by atoms with van der Waals surface area (Å²) >= 11 is 0. The lowest BCUT2D eigenvalue weighted by molar-refractivity contribution is -0.163. The number of aromatic nitrogens is 1. The van der Waals surface area contributed by atoms with Crippen LogP contribution in [-0.4, -0.2) is 101 Å². The summed E-state index contributed by atoms with van der Waals surface area (Å²) in [6, 6.07) is 17.7. The number of aliphatic hydroxyl groups is 3. The van der Waals surface area contributed by atoms with Gasteiger partial charge in [-0.3, -0.25) is 4.79 Å². The molecule has 3 aromatic rings. The minimum absolute atomic E-state index is 0.0962. The third kappa shape index (κ3) is 5.61. The Bertz CT molecular complexity index is 1450. The van der Waals surface area contributed by atoms with Crippen molar-refractivity contribution < 1.29 is 24.9 Å². The lowest BCUT2D eigenvalue weighted by atomic mass is 9.98. The van der Waals surface area contributed by atoms with Gasteiger partial charge in [0.2, 0.25) is 0 Å². The van der Waals surface area contributed by atoms with E-state index in [0.717, 1.165) is 42.8 Å². The van der Waals surface area contributed by atoms with Crippen LogP contribution < -0.4 is 10.2 Å². The van der Waals surface area contributed by atoms with Gasteiger partial charge in [0, 0.05) is 50.3 Å². The SMILES string of the molecule is CN1CCN(c2ccc3cc(-c4ccc(/C=C(\C#N)C(=O)N[C@H]5CO[C@H](CO)[C@@H](O)[C@@H]5O)n4C)ccc3c2)CC1. The van der Waals surface area contributed by atoms with Gasteiger partial charge in [0.1, 0.15) is 30.0 Å². The molecule has 4 N–H and O–H groups in total. The highest BCUT2D eigenvalue weighted by Crippen LogP contribution is 2.29. The number of benzene rings is 2. The average Bonchev–Trinajstić information content (AvgIpc) is 3.33. The fourth-order valence-corrected chi connectivity index (χ4v) is 5.33. The minimum Gasteiger partial charge on any atom is -0.394 e. The highest BCUT2D eigenvalue weighted by Gasteiger charge is 2.39. The Morgan fingerprint density at radius 2 is 1.77 bits per heavy atom. The van der Waals surface area contributed by atoms with Crippen LogP contribution in [0.1, 0.15) is 5.69 Å². The van der Waals surface area contributed by atoms with Crippen LogP contribution in [0.15, 0.2) is 54.1 Å². The van der Waals surface area contributed by atoms with Crippen molar-refractivity contribution >= 4 is 28.4 Å². The molecule has 1 aromatic heterocycles. The molecule has 2 fully saturated rings. The molecule has 10 heteroatoms. The number of piperazine rings is 1. The number of rotatable bonds is 6. The number of hydrogen-bond donors (Lipinski definition) is 4. The van der Waals surface area contributed by atoms with Crippen LogP contribution in [0.4, 0.5) is 5.69 Å². The van der Waals surface area contributed by atoms with Crippen molar-refractivity contribution in [1.82, 2.24) is 14.8 Å². The van der Waals surface area contributed by atoms with E-state index in [1.165, 1.54) is 17.1 Å². The van der Waals surface area contributed by atoms with E-state index in [1.54, 1.807) is 0 Å². The molecule has 2 aromatic carbocycles. The Kier molecular flexibility index (Phi) is 8.21. The van der Waals surface area contributed by atoms with Gasteiger partial charge in [0.15, 0.2) is 0 Å². The second kappa shape index (κ2) is 11.8. The Morgan fingerprint density at radius 1 is 1.05 bits per heavy atom. The Hall–Kier alpha value is -3.72. The van der Waals surface area contributed by atoms with Crippen molar-refractivity contribution in [3.05, 3.63) is 59.8 Å². The van der Waals surface area contributed by atoms with Gasteiger partial charge in [-0.25, -0.2) is 0 Å². The summed E-state index contributed by atoms with van der Waals surface area (Å²) in [6.45, 7) is 3.60. The van der Waals surface area contributed by atoms with Gasteiger partial charge in [0.25, 0.3) is 5.91 Å². The predicted molar refractivity (Wildman–Crippen MR) is 152 cm³/mol. The molecular formula is C30H35N5O5. The second-order valence-electron chi connectivity index (χ2n) is 10.5. The number of hydrogen-bond acceptors (Lipinski definition) is 8. The number of carbonyl (C=O) groups excluding carboxylic acids is 1.